The van der Waals surface area contributed by atoms with Crippen LogP contribution in [0, 0.1) is 18.8 Å². The predicted octanol–water partition coefficient (Wildman–Crippen LogP) is 2.38. The monoisotopic (exact) mass is 303 g/mol. The molecular formula is C18H25NO3. The van der Waals surface area contributed by atoms with Gasteiger partial charge < -0.3 is 14.7 Å². The van der Waals surface area contributed by atoms with Crippen LogP contribution in [0.4, 0.5) is 0 Å². The molecule has 2 aliphatic rings. The molecule has 4 atom stereocenters. The van der Waals surface area contributed by atoms with Crippen LogP contribution in [0.15, 0.2) is 24.3 Å². The summed E-state index contributed by atoms with van der Waals surface area (Å²) in [5.74, 6) is 1.99. The number of hydrogen-bond donors (Lipinski definition) is 1. The van der Waals surface area contributed by atoms with Gasteiger partial charge in [-0.25, -0.2) is 0 Å². The van der Waals surface area contributed by atoms with Crippen molar-refractivity contribution in [1.29, 1.82) is 0 Å². The maximum atomic E-state index is 12.4. The molecule has 0 aliphatic heterocycles. The Morgan fingerprint density at radius 2 is 1.86 bits per heavy atom. The number of ether oxygens (including phenoxy) is 1. The SMILES string of the molecule is Cc1ccccc1OCC(=O)N(C)C1C[C@H]2CC(O)C[C@H]2C1. The number of aryl methyl sites for hydroxylation is 1. The van der Waals surface area contributed by atoms with Gasteiger partial charge in [-0.15, -0.1) is 0 Å². The highest BCUT2D eigenvalue weighted by atomic mass is 16.5. The minimum Gasteiger partial charge on any atom is -0.484 e. The van der Waals surface area contributed by atoms with Crippen LogP contribution >= 0.6 is 0 Å². The molecule has 120 valence electrons. The zero-order valence-electron chi connectivity index (χ0n) is 13.4. The Morgan fingerprint density at radius 1 is 1.23 bits per heavy atom. The van der Waals surface area contributed by atoms with E-state index in [2.05, 4.69) is 0 Å². The molecule has 1 aromatic rings. The number of carbonyl (C=O) groups is 1. The molecule has 1 amide bonds. The second kappa shape index (κ2) is 6.29. The lowest BCUT2D eigenvalue weighted by Crippen LogP contribution is -2.39. The first kappa shape index (κ1) is 15.3. The Labute approximate surface area is 132 Å². The van der Waals surface area contributed by atoms with Crippen LogP contribution in [-0.2, 0) is 4.79 Å². The van der Waals surface area contributed by atoms with Crippen molar-refractivity contribution >= 4 is 5.91 Å². The van der Waals surface area contributed by atoms with E-state index < -0.39 is 0 Å². The first-order valence-electron chi connectivity index (χ1n) is 8.16. The molecule has 0 spiro atoms. The number of aliphatic hydroxyl groups excluding tert-OH is 1. The summed E-state index contributed by atoms with van der Waals surface area (Å²) < 4.78 is 5.66. The lowest BCUT2D eigenvalue weighted by Gasteiger charge is -2.25. The molecule has 0 saturated heterocycles. The fourth-order valence-corrected chi connectivity index (χ4v) is 4.03. The molecule has 0 heterocycles. The molecular weight excluding hydrogens is 278 g/mol. The molecule has 0 bridgehead atoms. The van der Waals surface area contributed by atoms with Crippen molar-refractivity contribution in [2.75, 3.05) is 13.7 Å². The summed E-state index contributed by atoms with van der Waals surface area (Å²) in [7, 11) is 1.88. The minimum absolute atomic E-state index is 0.0359. The Morgan fingerprint density at radius 3 is 2.50 bits per heavy atom. The standard InChI is InChI=1S/C18H25NO3/c1-12-5-3-4-6-17(12)22-11-18(21)19(2)15-7-13-9-16(20)10-14(13)8-15/h3-6,13-16,20H,7-11H2,1-2H3/t13-,14+,15?,16?. The topological polar surface area (TPSA) is 49.8 Å². The van der Waals surface area contributed by atoms with Gasteiger partial charge in [0.25, 0.3) is 5.91 Å². The van der Waals surface area contributed by atoms with E-state index in [-0.39, 0.29) is 18.6 Å². The third-order valence-electron chi connectivity index (χ3n) is 5.35. The van der Waals surface area contributed by atoms with E-state index in [1.165, 1.54) is 0 Å². The quantitative estimate of drug-likeness (QED) is 0.929. The van der Waals surface area contributed by atoms with Crippen LogP contribution in [0.1, 0.15) is 31.2 Å². The third kappa shape index (κ3) is 3.12. The summed E-state index contributed by atoms with van der Waals surface area (Å²) in [4.78, 5) is 14.2. The number of carbonyl (C=O) groups excluding carboxylic acids is 1. The maximum absolute atomic E-state index is 12.4. The zero-order chi connectivity index (χ0) is 15.7. The first-order valence-corrected chi connectivity index (χ1v) is 8.16. The van der Waals surface area contributed by atoms with Gasteiger partial charge in [0.15, 0.2) is 6.61 Å². The van der Waals surface area contributed by atoms with Gasteiger partial charge in [-0.1, -0.05) is 18.2 Å². The molecule has 3 rings (SSSR count). The van der Waals surface area contributed by atoms with Crippen LogP contribution < -0.4 is 4.74 Å². The molecule has 1 aromatic carbocycles. The molecule has 2 fully saturated rings. The fraction of sp³-hybridized carbons (Fsp3) is 0.611. The zero-order valence-corrected chi connectivity index (χ0v) is 13.4. The third-order valence-corrected chi connectivity index (χ3v) is 5.35. The average Bonchev–Trinajstić information content (AvgIpc) is 3.02. The number of nitrogens with zero attached hydrogens (tertiary/aromatic N) is 1. The van der Waals surface area contributed by atoms with Gasteiger partial charge in [0.05, 0.1) is 6.10 Å². The second-order valence-corrected chi connectivity index (χ2v) is 6.83. The highest BCUT2D eigenvalue weighted by molar-refractivity contribution is 5.77. The molecule has 2 saturated carbocycles. The highest BCUT2D eigenvalue weighted by Gasteiger charge is 2.43. The summed E-state index contributed by atoms with van der Waals surface area (Å²) in [6, 6.07) is 8.05. The number of hydrogen-bond acceptors (Lipinski definition) is 3. The number of fused-ring (bicyclic) bond motifs is 1. The molecule has 2 aliphatic carbocycles. The molecule has 4 heteroatoms. The van der Waals surface area contributed by atoms with Crippen molar-refractivity contribution in [3.05, 3.63) is 29.8 Å². The number of para-hydroxylation sites is 1. The highest BCUT2D eigenvalue weighted by Crippen LogP contribution is 2.45. The fourth-order valence-electron chi connectivity index (χ4n) is 4.03. The van der Waals surface area contributed by atoms with Crippen molar-refractivity contribution in [3.63, 3.8) is 0 Å². The van der Waals surface area contributed by atoms with Crippen molar-refractivity contribution < 1.29 is 14.6 Å². The maximum Gasteiger partial charge on any atom is 0.260 e. The second-order valence-electron chi connectivity index (χ2n) is 6.83. The largest absolute Gasteiger partial charge is 0.484 e. The van der Waals surface area contributed by atoms with E-state index >= 15 is 0 Å². The number of rotatable bonds is 4. The number of likely N-dealkylation sites (N-methyl/N-ethyl adjacent to an activating group) is 1. The predicted molar refractivity (Wildman–Crippen MR) is 84.7 cm³/mol. The van der Waals surface area contributed by atoms with Gasteiger partial charge in [0, 0.05) is 13.1 Å². The lowest BCUT2D eigenvalue weighted by molar-refractivity contribution is -0.134. The van der Waals surface area contributed by atoms with E-state index in [9.17, 15) is 9.90 Å². The van der Waals surface area contributed by atoms with E-state index in [1.807, 2.05) is 43.1 Å². The minimum atomic E-state index is -0.124. The molecule has 4 nitrogen and oxygen atoms in total. The molecule has 2 unspecified atom stereocenters. The molecule has 0 aromatic heterocycles. The normalized spacial score (nSPS) is 30.1. The number of benzene rings is 1. The summed E-state index contributed by atoms with van der Waals surface area (Å²) in [5, 5.41) is 9.70. The van der Waals surface area contributed by atoms with Crippen LogP contribution in [0.25, 0.3) is 0 Å². The summed E-state index contributed by atoms with van der Waals surface area (Å²) >= 11 is 0. The molecule has 1 N–H and O–H groups in total. The van der Waals surface area contributed by atoms with Gasteiger partial charge in [-0.05, 0) is 56.1 Å². The Hall–Kier alpha value is -1.55. The summed E-state index contributed by atoms with van der Waals surface area (Å²) in [6.45, 7) is 2.07. The van der Waals surface area contributed by atoms with E-state index in [4.69, 9.17) is 4.74 Å². The molecule has 22 heavy (non-hydrogen) atoms. The van der Waals surface area contributed by atoms with E-state index in [0.717, 1.165) is 37.0 Å². The van der Waals surface area contributed by atoms with Gasteiger partial charge in [0.1, 0.15) is 5.75 Å². The Balaban J connectivity index is 1.52. The average molecular weight is 303 g/mol. The Bertz CT molecular complexity index is 531. The van der Waals surface area contributed by atoms with Crippen LogP contribution in [0.3, 0.4) is 0 Å². The van der Waals surface area contributed by atoms with Crippen molar-refractivity contribution in [3.8, 4) is 5.75 Å². The number of aliphatic hydroxyl groups is 1. The van der Waals surface area contributed by atoms with Gasteiger partial charge in [0.2, 0.25) is 0 Å². The Kier molecular flexibility index (Phi) is 4.39. The molecule has 0 radical (unpaired) electrons. The van der Waals surface area contributed by atoms with Gasteiger partial charge >= 0.3 is 0 Å². The van der Waals surface area contributed by atoms with E-state index in [1.54, 1.807) is 0 Å². The van der Waals surface area contributed by atoms with Gasteiger partial charge in [-0.2, -0.15) is 0 Å². The first-order chi connectivity index (χ1) is 10.5. The van der Waals surface area contributed by atoms with Crippen LogP contribution in [0.2, 0.25) is 0 Å². The van der Waals surface area contributed by atoms with Crippen LogP contribution in [-0.4, -0.2) is 41.7 Å². The summed E-state index contributed by atoms with van der Waals surface area (Å²) in [5.41, 5.74) is 1.04. The van der Waals surface area contributed by atoms with Gasteiger partial charge in [-0.3, -0.25) is 4.79 Å². The number of amides is 1. The van der Waals surface area contributed by atoms with Crippen LogP contribution in [0.5, 0.6) is 5.75 Å². The smallest absolute Gasteiger partial charge is 0.260 e. The lowest BCUT2D eigenvalue weighted by atomic mass is 10.0. The van der Waals surface area contributed by atoms with Crippen molar-refractivity contribution in [1.82, 2.24) is 4.90 Å². The van der Waals surface area contributed by atoms with E-state index in [0.29, 0.717) is 17.9 Å². The van der Waals surface area contributed by atoms with Crippen molar-refractivity contribution in [2.24, 2.45) is 11.8 Å². The van der Waals surface area contributed by atoms with Crippen molar-refractivity contribution in [2.45, 2.75) is 44.8 Å². The summed E-state index contributed by atoms with van der Waals surface area (Å²) in [6.07, 6.45) is 3.73.